The summed E-state index contributed by atoms with van der Waals surface area (Å²) in [5.41, 5.74) is 0. The van der Waals surface area contributed by atoms with E-state index in [1.807, 2.05) is 0 Å². The van der Waals surface area contributed by atoms with Crippen molar-refractivity contribution in [3.63, 3.8) is 0 Å². The summed E-state index contributed by atoms with van der Waals surface area (Å²) in [4.78, 5) is 9.91. The number of nitro groups is 1. The Labute approximate surface area is 74.3 Å². The summed E-state index contributed by atoms with van der Waals surface area (Å²) < 4.78 is 0. The number of nitrogens with zero attached hydrogens (tertiary/aromatic N) is 1. The number of hydrogen-bond acceptors (Lipinski definition) is 2. The first-order chi connectivity index (χ1) is 5.70. The summed E-state index contributed by atoms with van der Waals surface area (Å²) in [6, 6.07) is 0. The molecular formula is C9H19NO2. The Morgan fingerprint density at radius 3 is 2.00 bits per heavy atom. The van der Waals surface area contributed by atoms with Gasteiger partial charge in [0, 0.05) is 11.3 Å². The second-order valence-electron chi connectivity index (χ2n) is 3.29. The summed E-state index contributed by atoms with van der Waals surface area (Å²) in [7, 11) is 0. The van der Waals surface area contributed by atoms with Crippen LogP contribution >= 0.6 is 0 Å². The van der Waals surface area contributed by atoms with Crippen LogP contribution in [0.5, 0.6) is 0 Å². The summed E-state index contributed by atoms with van der Waals surface area (Å²) in [5, 5.41) is 10.1. The highest BCUT2D eigenvalue weighted by molar-refractivity contribution is 4.57. The van der Waals surface area contributed by atoms with Crippen LogP contribution in [0.4, 0.5) is 0 Å². The van der Waals surface area contributed by atoms with Crippen molar-refractivity contribution >= 4 is 0 Å². The third-order valence-electron chi connectivity index (χ3n) is 2.11. The molecule has 0 aromatic carbocycles. The standard InChI is InChI=1S/C9H19NO2/c1-3-5-9(6-4-2)7-8-10(11)12/h9H,3-8H2,1-2H3. The summed E-state index contributed by atoms with van der Waals surface area (Å²) in [6.45, 7) is 4.41. The molecule has 0 unspecified atom stereocenters. The highest BCUT2D eigenvalue weighted by atomic mass is 16.6. The van der Waals surface area contributed by atoms with Crippen LogP contribution < -0.4 is 0 Å². The van der Waals surface area contributed by atoms with Crippen molar-refractivity contribution in [2.45, 2.75) is 46.0 Å². The first-order valence-corrected chi connectivity index (χ1v) is 4.82. The quantitative estimate of drug-likeness (QED) is 0.439. The normalized spacial score (nSPS) is 10.6. The molecule has 0 radical (unpaired) electrons. The molecule has 0 aromatic heterocycles. The van der Waals surface area contributed by atoms with Crippen molar-refractivity contribution in [3.05, 3.63) is 10.1 Å². The zero-order chi connectivity index (χ0) is 9.40. The fraction of sp³-hybridized carbons (Fsp3) is 1.00. The third kappa shape index (κ3) is 6.13. The smallest absolute Gasteiger partial charge is 0.204 e. The molecule has 3 heteroatoms. The Balaban J connectivity index is 3.54. The molecule has 0 spiro atoms. The second kappa shape index (κ2) is 7.07. The van der Waals surface area contributed by atoms with E-state index in [0.29, 0.717) is 5.92 Å². The fourth-order valence-electron chi connectivity index (χ4n) is 1.54. The maximum atomic E-state index is 10.1. The van der Waals surface area contributed by atoms with E-state index < -0.39 is 0 Å². The van der Waals surface area contributed by atoms with Gasteiger partial charge in [-0.1, -0.05) is 39.5 Å². The van der Waals surface area contributed by atoms with Gasteiger partial charge in [-0.05, 0) is 5.92 Å². The summed E-state index contributed by atoms with van der Waals surface area (Å²) in [6.07, 6.45) is 5.32. The van der Waals surface area contributed by atoms with Crippen LogP contribution in [0, 0.1) is 16.0 Å². The van der Waals surface area contributed by atoms with Crippen LogP contribution in [0.2, 0.25) is 0 Å². The molecule has 3 nitrogen and oxygen atoms in total. The van der Waals surface area contributed by atoms with Crippen molar-refractivity contribution in [2.24, 2.45) is 5.92 Å². The fourth-order valence-corrected chi connectivity index (χ4v) is 1.54. The zero-order valence-corrected chi connectivity index (χ0v) is 8.08. The Hall–Kier alpha value is -0.600. The average molecular weight is 173 g/mol. The molecule has 0 bridgehead atoms. The number of hydrogen-bond donors (Lipinski definition) is 0. The SMILES string of the molecule is CCCC(CCC)CC[N+](=O)[O-]. The molecule has 0 heterocycles. The van der Waals surface area contributed by atoms with Gasteiger partial charge in [-0.3, -0.25) is 10.1 Å². The van der Waals surface area contributed by atoms with E-state index in [1.165, 1.54) is 0 Å². The average Bonchev–Trinajstić information content (AvgIpc) is 2.01. The van der Waals surface area contributed by atoms with Crippen molar-refractivity contribution in [1.82, 2.24) is 0 Å². The Morgan fingerprint density at radius 2 is 1.67 bits per heavy atom. The van der Waals surface area contributed by atoms with E-state index in [1.54, 1.807) is 0 Å². The molecule has 72 valence electrons. The predicted octanol–water partition coefficient (Wildman–Crippen LogP) is 2.87. The monoisotopic (exact) mass is 173 g/mol. The minimum atomic E-state index is -0.210. The largest absolute Gasteiger partial charge is 0.265 e. The van der Waals surface area contributed by atoms with E-state index in [4.69, 9.17) is 0 Å². The van der Waals surface area contributed by atoms with Gasteiger partial charge in [-0.25, -0.2) is 0 Å². The van der Waals surface area contributed by atoms with Crippen LogP contribution in [0.15, 0.2) is 0 Å². The molecule has 0 amide bonds. The first kappa shape index (κ1) is 11.4. The van der Waals surface area contributed by atoms with E-state index >= 15 is 0 Å². The van der Waals surface area contributed by atoms with Gasteiger partial charge in [-0.2, -0.15) is 0 Å². The van der Waals surface area contributed by atoms with E-state index in [0.717, 1.165) is 32.1 Å². The lowest BCUT2D eigenvalue weighted by Crippen LogP contribution is -2.08. The molecule has 0 saturated carbocycles. The molecule has 0 aromatic rings. The van der Waals surface area contributed by atoms with Gasteiger partial charge in [-0.15, -0.1) is 0 Å². The molecule has 0 N–H and O–H groups in total. The first-order valence-electron chi connectivity index (χ1n) is 4.82. The molecule has 0 aliphatic heterocycles. The lowest BCUT2D eigenvalue weighted by atomic mass is 9.95. The van der Waals surface area contributed by atoms with Gasteiger partial charge < -0.3 is 0 Å². The van der Waals surface area contributed by atoms with E-state index in [9.17, 15) is 10.1 Å². The molecule has 12 heavy (non-hydrogen) atoms. The lowest BCUT2D eigenvalue weighted by molar-refractivity contribution is -0.481. The Kier molecular flexibility index (Phi) is 6.72. The molecule has 0 rings (SSSR count). The van der Waals surface area contributed by atoms with Crippen molar-refractivity contribution < 1.29 is 4.92 Å². The number of rotatable bonds is 7. The van der Waals surface area contributed by atoms with Crippen molar-refractivity contribution in [3.8, 4) is 0 Å². The highest BCUT2D eigenvalue weighted by Crippen LogP contribution is 2.16. The van der Waals surface area contributed by atoms with Gasteiger partial charge >= 0.3 is 0 Å². The van der Waals surface area contributed by atoms with Crippen LogP contribution in [0.1, 0.15) is 46.0 Å². The minimum Gasteiger partial charge on any atom is -0.265 e. The Morgan fingerprint density at radius 1 is 1.17 bits per heavy atom. The topological polar surface area (TPSA) is 43.1 Å². The van der Waals surface area contributed by atoms with Gasteiger partial charge in [0.2, 0.25) is 6.54 Å². The van der Waals surface area contributed by atoms with Crippen LogP contribution in [-0.4, -0.2) is 11.5 Å². The Bertz CT molecular complexity index is 120. The van der Waals surface area contributed by atoms with Gasteiger partial charge in [0.1, 0.15) is 0 Å². The second-order valence-corrected chi connectivity index (χ2v) is 3.29. The molecule has 0 saturated heterocycles. The van der Waals surface area contributed by atoms with Gasteiger partial charge in [0.25, 0.3) is 0 Å². The highest BCUT2D eigenvalue weighted by Gasteiger charge is 2.09. The van der Waals surface area contributed by atoms with Crippen molar-refractivity contribution in [1.29, 1.82) is 0 Å². The maximum Gasteiger partial charge on any atom is 0.204 e. The predicted molar refractivity (Wildman–Crippen MR) is 49.8 cm³/mol. The van der Waals surface area contributed by atoms with Crippen molar-refractivity contribution in [2.75, 3.05) is 6.54 Å². The zero-order valence-electron chi connectivity index (χ0n) is 8.08. The molecule has 0 aliphatic carbocycles. The van der Waals surface area contributed by atoms with Gasteiger partial charge in [0.05, 0.1) is 0 Å². The molecular weight excluding hydrogens is 154 g/mol. The lowest BCUT2D eigenvalue weighted by Gasteiger charge is -2.11. The van der Waals surface area contributed by atoms with Gasteiger partial charge in [0.15, 0.2) is 0 Å². The molecule has 0 aliphatic rings. The van der Waals surface area contributed by atoms with E-state index in [-0.39, 0.29) is 11.5 Å². The summed E-state index contributed by atoms with van der Waals surface area (Å²) in [5.74, 6) is 0.574. The maximum absolute atomic E-state index is 10.1. The summed E-state index contributed by atoms with van der Waals surface area (Å²) >= 11 is 0. The van der Waals surface area contributed by atoms with Crippen LogP contribution in [0.3, 0.4) is 0 Å². The molecule has 0 fully saturated rings. The van der Waals surface area contributed by atoms with E-state index in [2.05, 4.69) is 13.8 Å². The van der Waals surface area contributed by atoms with Crippen LogP contribution in [-0.2, 0) is 0 Å². The van der Waals surface area contributed by atoms with Crippen LogP contribution in [0.25, 0.3) is 0 Å². The third-order valence-corrected chi connectivity index (χ3v) is 2.11. The minimum absolute atomic E-state index is 0.144. The molecule has 0 atom stereocenters.